The Morgan fingerprint density at radius 1 is 0.867 bits per heavy atom. The molecule has 4 atom stereocenters. The first-order valence-electron chi connectivity index (χ1n) is 27.7. The van der Waals surface area contributed by atoms with Crippen LogP contribution in [0.3, 0.4) is 0 Å². The van der Waals surface area contributed by atoms with Crippen molar-refractivity contribution in [3.05, 3.63) is 123 Å². The predicted molar refractivity (Wildman–Crippen MR) is 305 cm³/mol. The number of hydrogen-bond acceptors (Lipinski definition) is 13. The van der Waals surface area contributed by atoms with E-state index >= 15 is 0 Å². The van der Waals surface area contributed by atoms with Gasteiger partial charge in [0.25, 0.3) is 11.8 Å². The molecule has 0 bridgehead atoms. The average Bonchev–Trinajstić information content (AvgIpc) is 4.13. The van der Waals surface area contributed by atoms with Gasteiger partial charge in [-0.3, -0.25) is 38.5 Å². The summed E-state index contributed by atoms with van der Waals surface area (Å²) >= 11 is 1.47. The second-order valence-corrected chi connectivity index (χ2v) is 23.9. The maximum atomic E-state index is 14.8. The summed E-state index contributed by atoms with van der Waals surface area (Å²) in [5.41, 5.74) is 1.42. The molecule has 83 heavy (non-hydrogen) atoms. The Morgan fingerprint density at radius 3 is 2.20 bits per heavy atom. The highest BCUT2D eigenvalue weighted by molar-refractivity contribution is 7.13. The number of nitrogens with one attached hydrogen (secondary N) is 5. The summed E-state index contributed by atoms with van der Waals surface area (Å²) in [5, 5.41) is 21.8. The third-order valence-corrected chi connectivity index (χ3v) is 16.7. The quantitative estimate of drug-likeness (QED) is 0.0634. The van der Waals surface area contributed by atoms with E-state index in [0.29, 0.717) is 74.4 Å². The van der Waals surface area contributed by atoms with Crippen LogP contribution in [0, 0.1) is 12.3 Å². The van der Waals surface area contributed by atoms with Crippen LogP contribution in [0.4, 0.5) is 28.9 Å². The van der Waals surface area contributed by atoms with Gasteiger partial charge in [-0.2, -0.15) is 13.2 Å². The summed E-state index contributed by atoms with van der Waals surface area (Å²) in [5.74, 6) is -4.07. The lowest BCUT2D eigenvalue weighted by atomic mass is 9.85. The molecular formula is C59H69F4N11O8S. The number of rotatable bonds is 17. The van der Waals surface area contributed by atoms with Gasteiger partial charge in [-0.15, -0.1) is 11.3 Å². The zero-order valence-electron chi connectivity index (χ0n) is 46.9. The van der Waals surface area contributed by atoms with Crippen molar-refractivity contribution < 1.29 is 51.4 Å². The topological polar surface area (TPSA) is 233 Å². The molecule has 4 aliphatic rings. The van der Waals surface area contributed by atoms with E-state index in [1.807, 2.05) is 62.5 Å². The number of likely N-dealkylation sites (tertiary alicyclic amines) is 1. The number of likely N-dealkylation sites (N-methyl/N-ethyl adjacent to an activating group) is 1. The van der Waals surface area contributed by atoms with Crippen LogP contribution >= 0.6 is 11.3 Å². The fourth-order valence-corrected chi connectivity index (χ4v) is 11.5. The monoisotopic (exact) mass is 1170 g/mol. The van der Waals surface area contributed by atoms with Crippen LogP contribution in [0.25, 0.3) is 21.6 Å². The number of benzene rings is 3. The Balaban J connectivity index is 0.827. The molecule has 5 heterocycles. The van der Waals surface area contributed by atoms with Gasteiger partial charge in [0, 0.05) is 84.1 Å². The van der Waals surface area contributed by atoms with E-state index in [-0.39, 0.29) is 44.7 Å². The second kappa shape index (κ2) is 24.7. The predicted octanol–water partition coefficient (Wildman–Crippen LogP) is 5.50. The third kappa shape index (κ3) is 14.5. The van der Waals surface area contributed by atoms with Crippen molar-refractivity contribution in [2.75, 3.05) is 82.7 Å². The highest BCUT2D eigenvalue weighted by atomic mass is 32.1. The number of amides is 6. The number of β-amino-alcohol motifs (C(OH)–C–C–N with tert-alkyl or cyclic N) is 1. The molecule has 2 aromatic heterocycles. The third-order valence-electron chi connectivity index (χ3n) is 15.8. The number of aromatic amines is 1. The van der Waals surface area contributed by atoms with Crippen LogP contribution in [0.15, 0.2) is 89.3 Å². The largest absolute Gasteiger partial charge is 0.417 e. The molecule has 442 valence electrons. The summed E-state index contributed by atoms with van der Waals surface area (Å²) < 4.78 is 56.9. The number of thiazole rings is 1. The van der Waals surface area contributed by atoms with Gasteiger partial charge < -0.3 is 51.0 Å². The molecule has 3 saturated heterocycles. The number of pyridine rings is 1. The number of H-pyrrole nitrogens is 1. The molecule has 3 aromatic carbocycles. The summed E-state index contributed by atoms with van der Waals surface area (Å²) in [4.78, 5) is 111. The lowest BCUT2D eigenvalue weighted by Gasteiger charge is -2.36. The van der Waals surface area contributed by atoms with Crippen LogP contribution in [0.1, 0.15) is 85.2 Å². The van der Waals surface area contributed by atoms with E-state index in [1.165, 1.54) is 16.2 Å². The van der Waals surface area contributed by atoms with Crippen molar-refractivity contribution in [2.24, 2.45) is 5.41 Å². The Hall–Kier alpha value is -7.54. The number of carbonyl (C=O) groups is 6. The van der Waals surface area contributed by atoms with Crippen molar-refractivity contribution in [1.29, 1.82) is 0 Å². The maximum Gasteiger partial charge on any atom is 0.417 e. The van der Waals surface area contributed by atoms with Gasteiger partial charge in [0.1, 0.15) is 12.1 Å². The summed E-state index contributed by atoms with van der Waals surface area (Å²) in [6, 6.07) is 17.5. The number of aryl methyl sites for hydroxylation is 1. The minimum atomic E-state index is -4.95. The molecule has 1 aliphatic carbocycles. The normalized spacial score (nSPS) is 19.2. The van der Waals surface area contributed by atoms with Crippen LogP contribution in [0.5, 0.6) is 0 Å². The van der Waals surface area contributed by atoms with Crippen LogP contribution < -0.4 is 31.7 Å². The molecular weight excluding hydrogens is 1100 g/mol. The Morgan fingerprint density at radius 2 is 1.55 bits per heavy atom. The van der Waals surface area contributed by atoms with Gasteiger partial charge in [-0.05, 0) is 78.2 Å². The molecule has 4 fully saturated rings. The molecule has 3 aliphatic heterocycles. The van der Waals surface area contributed by atoms with Crippen LogP contribution in [-0.4, -0.2) is 166 Å². The zero-order valence-corrected chi connectivity index (χ0v) is 47.7. The average molecular weight is 1170 g/mol. The molecule has 2 unspecified atom stereocenters. The number of aliphatic hydroxyl groups excluding tert-OH is 1. The highest BCUT2D eigenvalue weighted by Gasteiger charge is 2.53. The van der Waals surface area contributed by atoms with Gasteiger partial charge in [0.2, 0.25) is 29.2 Å². The number of alkyl halides is 4. The Bertz CT molecular complexity index is 3290. The first-order valence-corrected chi connectivity index (χ1v) is 28.6. The molecule has 24 heteroatoms. The van der Waals surface area contributed by atoms with E-state index in [2.05, 4.69) is 45.9 Å². The van der Waals surface area contributed by atoms with Gasteiger partial charge in [0.05, 0.1) is 63.7 Å². The lowest BCUT2D eigenvalue weighted by Crippen LogP contribution is -2.59. The number of aromatic nitrogens is 2. The van der Waals surface area contributed by atoms with Crippen molar-refractivity contribution >= 4 is 58.2 Å². The summed E-state index contributed by atoms with van der Waals surface area (Å²) in [6.45, 7) is 11.5. The lowest BCUT2D eigenvalue weighted by molar-refractivity contribution is -0.145. The summed E-state index contributed by atoms with van der Waals surface area (Å²) in [6.07, 6.45) is -5.57. The molecule has 1 saturated carbocycles. The second-order valence-electron chi connectivity index (χ2n) is 23.0. The first kappa shape index (κ1) is 60.1. The van der Waals surface area contributed by atoms with E-state index in [4.69, 9.17) is 0 Å². The van der Waals surface area contributed by atoms with Crippen molar-refractivity contribution in [3.8, 4) is 21.6 Å². The van der Waals surface area contributed by atoms with Crippen LogP contribution in [-0.2, 0) is 36.7 Å². The molecule has 19 nitrogen and oxygen atoms in total. The smallest absolute Gasteiger partial charge is 0.391 e. The van der Waals surface area contributed by atoms with Crippen LogP contribution in [0.2, 0.25) is 0 Å². The number of piperazine rings is 2. The molecule has 0 radical (unpaired) electrons. The number of aliphatic hydroxyl groups is 1. The molecule has 0 spiro atoms. The van der Waals surface area contributed by atoms with Crippen molar-refractivity contribution in [1.82, 2.24) is 45.5 Å². The minimum Gasteiger partial charge on any atom is -0.391 e. The van der Waals surface area contributed by atoms with Gasteiger partial charge >= 0.3 is 6.18 Å². The fourth-order valence-electron chi connectivity index (χ4n) is 10.7. The maximum absolute atomic E-state index is 14.8. The number of carbonyl (C=O) groups excluding carboxylic acids is 6. The molecule has 9 rings (SSSR count). The Kier molecular flexibility index (Phi) is 17.9. The van der Waals surface area contributed by atoms with Gasteiger partial charge in [0.15, 0.2) is 5.67 Å². The fraction of sp³-hybridized carbons (Fsp3) is 0.458. The molecule has 6 N–H and O–H groups in total. The Labute approximate surface area is 481 Å². The number of hydrogen-bond donors (Lipinski definition) is 6. The van der Waals surface area contributed by atoms with Gasteiger partial charge in [-0.1, -0.05) is 69.3 Å². The zero-order chi connectivity index (χ0) is 59.5. The van der Waals surface area contributed by atoms with E-state index in [9.17, 15) is 56.2 Å². The minimum absolute atomic E-state index is 0.0445. The number of halogens is 4. The van der Waals surface area contributed by atoms with E-state index < -0.39 is 87.7 Å². The number of anilines is 2. The van der Waals surface area contributed by atoms with E-state index in [0.717, 1.165) is 46.5 Å². The highest BCUT2D eigenvalue weighted by Crippen LogP contribution is 2.41. The number of nitrogens with zero attached hydrogens (tertiary/aromatic N) is 6. The molecule has 5 aromatic rings. The first-order chi connectivity index (χ1) is 39.3. The van der Waals surface area contributed by atoms with E-state index in [1.54, 1.807) is 49.4 Å². The SMILES string of the molecule is Cc1ncsc1-c1ccc(C(CC(=O)NCC(=O)N2CCN(Cc3cccc(-c4ccc(N5CCN(C)CC5)c(NC(=O)c5c[nH]c(=O)cc5C(F)(F)F)c4)c3)CC2)NC(=O)[C@@H]2C[C@@H](O)CN2C(=O)C(NC(=O)C2(F)CC2)C(C)(C)C)cc1. The van der Waals surface area contributed by atoms with Crippen molar-refractivity contribution in [3.63, 3.8) is 0 Å². The molecule has 6 amide bonds. The van der Waals surface area contributed by atoms with Gasteiger partial charge in [-0.25, -0.2) is 9.37 Å². The van der Waals surface area contributed by atoms with Crippen molar-refractivity contribution in [2.45, 2.75) is 96.0 Å². The summed E-state index contributed by atoms with van der Waals surface area (Å²) in [7, 11) is 1.99. The standard InChI is InChI=1S/C59H69F4N11O8S/c1-35-51(83-34-66-35)38-11-9-37(10-12-38)44(67-54(80)47-27-41(75)33-74(47)55(81)52(57(2,3)4)69-56(82)58(60)15-16-58)29-49(77)65-31-50(78)73-23-19-71(20-24-73)32-36-7-6-8-39(25-36)40-13-14-46(72-21-17-70(5)18-22-72)45(26-40)68-53(79)42-30-64-48(76)28-43(42)59(61,62)63/h6-14,25-26,28,30,34,41,44,47,52,75H,15-24,27,29,31-33H2,1-5H3,(H,64,76)(H,65,77)(H,67,80)(H,68,79)(H,69,82)/t41-,44?,47+,52?/m1/s1.